The number of methoxy groups -OCH3 is 1. The maximum Gasteiger partial charge on any atom is 0.251 e. The molecular weight excluding hydrogens is 254 g/mol. The Morgan fingerprint density at radius 3 is 2.85 bits per heavy atom. The molecule has 1 saturated carbocycles. The maximum atomic E-state index is 12.2. The summed E-state index contributed by atoms with van der Waals surface area (Å²) >= 11 is 0. The topological polar surface area (TPSA) is 67.6 Å². The molecule has 1 unspecified atom stereocenters. The summed E-state index contributed by atoms with van der Waals surface area (Å²) in [6.07, 6.45) is 3.67. The van der Waals surface area contributed by atoms with E-state index in [9.17, 15) is 4.79 Å². The SMILES string of the molecule is COc1ccc(C(=O)NC2CCN(C3CC3)C2)cc1N. The lowest BCUT2D eigenvalue weighted by Crippen LogP contribution is -2.37. The molecule has 3 N–H and O–H groups in total. The first-order valence-electron chi connectivity index (χ1n) is 7.16. The summed E-state index contributed by atoms with van der Waals surface area (Å²) in [5.74, 6) is 0.546. The summed E-state index contributed by atoms with van der Waals surface area (Å²) in [5, 5.41) is 3.10. The third-order valence-electron chi connectivity index (χ3n) is 4.11. The molecule has 2 fully saturated rings. The monoisotopic (exact) mass is 275 g/mol. The van der Waals surface area contributed by atoms with E-state index in [1.807, 2.05) is 0 Å². The Morgan fingerprint density at radius 2 is 2.20 bits per heavy atom. The maximum absolute atomic E-state index is 12.2. The molecule has 1 aliphatic heterocycles. The Kier molecular flexibility index (Phi) is 3.53. The van der Waals surface area contributed by atoms with Gasteiger partial charge in [-0.25, -0.2) is 0 Å². The van der Waals surface area contributed by atoms with Crippen LogP contribution < -0.4 is 15.8 Å². The molecule has 0 radical (unpaired) electrons. The molecule has 1 heterocycles. The zero-order chi connectivity index (χ0) is 14.1. The summed E-state index contributed by atoms with van der Waals surface area (Å²) < 4.78 is 5.10. The number of ether oxygens (including phenoxy) is 1. The Bertz CT molecular complexity index is 514. The van der Waals surface area contributed by atoms with Gasteiger partial charge in [0.1, 0.15) is 5.75 Å². The molecule has 3 rings (SSSR count). The number of hydrogen-bond donors (Lipinski definition) is 2. The Labute approximate surface area is 119 Å². The van der Waals surface area contributed by atoms with Crippen molar-refractivity contribution in [2.45, 2.75) is 31.3 Å². The summed E-state index contributed by atoms with van der Waals surface area (Å²) in [5.41, 5.74) is 6.92. The van der Waals surface area contributed by atoms with Gasteiger partial charge in [-0.05, 0) is 37.5 Å². The summed E-state index contributed by atoms with van der Waals surface area (Å²) in [4.78, 5) is 14.7. The highest BCUT2D eigenvalue weighted by Crippen LogP contribution is 2.30. The molecule has 5 nitrogen and oxygen atoms in total. The highest BCUT2D eigenvalue weighted by atomic mass is 16.5. The second-order valence-electron chi connectivity index (χ2n) is 5.64. The van der Waals surface area contributed by atoms with Gasteiger partial charge in [0.15, 0.2) is 0 Å². The number of nitrogens with two attached hydrogens (primary N) is 1. The minimum Gasteiger partial charge on any atom is -0.495 e. The Hall–Kier alpha value is -1.75. The number of nitrogens with zero attached hydrogens (tertiary/aromatic N) is 1. The number of anilines is 1. The van der Waals surface area contributed by atoms with Crippen molar-refractivity contribution in [3.8, 4) is 5.75 Å². The Balaban J connectivity index is 1.60. The van der Waals surface area contributed by atoms with Gasteiger partial charge in [0.05, 0.1) is 12.8 Å². The average Bonchev–Trinajstić information content (AvgIpc) is 3.19. The van der Waals surface area contributed by atoms with E-state index in [-0.39, 0.29) is 11.9 Å². The first-order valence-corrected chi connectivity index (χ1v) is 7.16. The molecular formula is C15H21N3O2. The van der Waals surface area contributed by atoms with E-state index in [4.69, 9.17) is 10.5 Å². The summed E-state index contributed by atoms with van der Waals surface area (Å²) in [6, 6.07) is 6.18. The number of amides is 1. The van der Waals surface area contributed by atoms with Crippen molar-refractivity contribution >= 4 is 11.6 Å². The number of nitrogen functional groups attached to an aromatic ring is 1. The highest BCUT2D eigenvalue weighted by molar-refractivity contribution is 5.95. The number of benzene rings is 1. The second kappa shape index (κ2) is 5.32. The van der Waals surface area contributed by atoms with Crippen LogP contribution in [0.2, 0.25) is 0 Å². The van der Waals surface area contributed by atoms with E-state index in [1.54, 1.807) is 25.3 Å². The minimum atomic E-state index is -0.0537. The molecule has 1 aliphatic carbocycles. The summed E-state index contributed by atoms with van der Waals surface area (Å²) in [6.45, 7) is 2.07. The van der Waals surface area contributed by atoms with Crippen molar-refractivity contribution in [2.24, 2.45) is 0 Å². The molecule has 108 valence electrons. The first kappa shape index (κ1) is 13.2. The number of hydrogen-bond acceptors (Lipinski definition) is 4. The van der Waals surface area contributed by atoms with Crippen molar-refractivity contribution in [3.05, 3.63) is 23.8 Å². The zero-order valence-electron chi connectivity index (χ0n) is 11.8. The zero-order valence-corrected chi connectivity index (χ0v) is 11.8. The smallest absolute Gasteiger partial charge is 0.251 e. The molecule has 0 bridgehead atoms. The molecule has 0 aromatic heterocycles. The van der Waals surface area contributed by atoms with Gasteiger partial charge >= 0.3 is 0 Å². The normalized spacial score (nSPS) is 22.8. The molecule has 2 aliphatic rings. The molecule has 1 atom stereocenters. The highest BCUT2D eigenvalue weighted by Gasteiger charge is 2.34. The second-order valence-corrected chi connectivity index (χ2v) is 5.64. The van der Waals surface area contributed by atoms with Crippen LogP contribution >= 0.6 is 0 Å². The lowest BCUT2D eigenvalue weighted by atomic mass is 10.1. The van der Waals surface area contributed by atoms with E-state index in [0.717, 1.165) is 25.6 Å². The Morgan fingerprint density at radius 1 is 1.40 bits per heavy atom. The van der Waals surface area contributed by atoms with Crippen molar-refractivity contribution in [3.63, 3.8) is 0 Å². The van der Waals surface area contributed by atoms with Crippen molar-refractivity contribution < 1.29 is 9.53 Å². The molecule has 1 saturated heterocycles. The van der Waals surface area contributed by atoms with E-state index in [1.165, 1.54) is 12.8 Å². The van der Waals surface area contributed by atoms with Gasteiger partial charge in [-0.1, -0.05) is 0 Å². The van der Waals surface area contributed by atoms with Gasteiger partial charge in [-0.2, -0.15) is 0 Å². The van der Waals surface area contributed by atoms with Crippen molar-refractivity contribution in [1.29, 1.82) is 0 Å². The molecule has 1 aromatic carbocycles. The minimum absolute atomic E-state index is 0.0537. The lowest BCUT2D eigenvalue weighted by molar-refractivity contribution is 0.0937. The van der Waals surface area contributed by atoms with Crippen LogP contribution in [0.5, 0.6) is 5.75 Å². The largest absolute Gasteiger partial charge is 0.495 e. The molecule has 20 heavy (non-hydrogen) atoms. The van der Waals surface area contributed by atoms with Crippen LogP contribution in [0.3, 0.4) is 0 Å². The van der Waals surface area contributed by atoms with Crippen LogP contribution in [-0.4, -0.2) is 43.1 Å². The van der Waals surface area contributed by atoms with Crippen LogP contribution in [0.25, 0.3) is 0 Å². The first-order chi connectivity index (χ1) is 9.67. The number of likely N-dealkylation sites (tertiary alicyclic amines) is 1. The summed E-state index contributed by atoms with van der Waals surface area (Å²) in [7, 11) is 1.57. The fraction of sp³-hybridized carbons (Fsp3) is 0.533. The van der Waals surface area contributed by atoms with E-state index in [2.05, 4.69) is 10.2 Å². The van der Waals surface area contributed by atoms with Gasteiger partial charge in [0.2, 0.25) is 0 Å². The average molecular weight is 275 g/mol. The van der Waals surface area contributed by atoms with Crippen LogP contribution in [-0.2, 0) is 0 Å². The number of carbonyl (C=O) groups is 1. The number of carbonyl (C=O) groups excluding carboxylic acids is 1. The predicted octanol–water partition coefficient (Wildman–Crippen LogP) is 1.24. The molecule has 1 amide bonds. The molecule has 1 aromatic rings. The standard InChI is InChI=1S/C15H21N3O2/c1-20-14-5-2-10(8-13(14)16)15(19)17-11-6-7-18(9-11)12-3-4-12/h2,5,8,11-12H,3-4,6-7,9,16H2,1H3,(H,17,19). The lowest BCUT2D eigenvalue weighted by Gasteiger charge is -2.16. The molecule has 0 spiro atoms. The van der Waals surface area contributed by atoms with Gasteiger partial charge in [0.25, 0.3) is 5.91 Å². The fourth-order valence-electron chi connectivity index (χ4n) is 2.82. The quantitative estimate of drug-likeness (QED) is 0.811. The van der Waals surface area contributed by atoms with Gasteiger partial charge < -0.3 is 15.8 Å². The van der Waals surface area contributed by atoms with E-state index < -0.39 is 0 Å². The van der Waals surface area contributed by atoms with Crippen molar-refractivity contribution in [1.82, 2.24) is 10.2 Å². The third kappa shape index (κ3) is 2.72. The van der Waals surface area contributed by atoms with Gasteiger partial charge in [-0.3, -0.25) is 9.69 Å². The third-order valence-corrected chi connectivity index (χ3v) is 4.11. The van der Waals surface area contributed by atoms with Crippen LogP contribution in [0.15, 0.2) is 18.2 Å². The predicted molar refractivity (Wildman–Crippen MR) is 77.9 cm³/mol. The van der Waals surface area contributed by atoms with Crippen LogP contribution in [0, 0.1) is 0 Å². The van der Waals surface area contributed by atoms with Crippen molar-refractivity contribution in [2.75, 3.05) is 25.9 Å². The van der Waals surface area contributed by atoms with E-state index >= 15 is 0 Å². The van der Waals surface area contributed by atoms with E-state index in [0.29, 0.717) is 17.0 Å². The van der Waals surface area contributed by atoms with Crippen LogP contribution in [0.1, 0.15) is 29.6 Å². The van der Waals surface area contributed by atoms with Gasteiger partial charge in [0, 0.05) is 30.7 Å². The number of rotatable bonds is 4. The van der Waals surface area contributed by atoms with Crippen LogP contribution in [0.4, 0.5) is 5.69 Å². The number of nitrogens with one attached hydrogen (secondary N) is 1. The fourth-order valence-corrected chi connectivity index (χ4v) is 2.82. The van der Waals surface area contributed by atoms with Gasteiger partial charge in [-0.15, -0.1) is 0 Å². The molecule has 5 heteroatoms.